The Balaban J connectivity index is 1.85. The van der Waals surface area contributed by atoms with Gasteiger partial charge in [-0.3, -0.25) is 4.90 Å². The highest BCUT2D eigenvalue weighted by Gasteiger charge is 2.13. The number of halogens is 3. The van der Waals surface area contributed by atoms with Crippen LogP contribution in [0.4, 0.5) is 13.2 Å². The molecular weight excluding hydrogens is 363 g/mol. The van der Waals surface area contributed by atoms with Gasteiger partial charge in [-0.15, -0.1) is 0 Å². The summed E-state index contributed by atoms with van der Waals surface area (Å²) in [6.45, 7) is -2.10. The number of methoxy groups -OCH3 is 1. The van der Waals surface area contributed by atoms with Crippen molar-refractivity contribution in [3.63, 3.8) is 0 Å². The van der Waals surface area contributed by atoms with E-state index in [1.807, 2.05) is 4.90 Å². The van der Waals surface area contributed by atoms with Crippen LogP contribution in [0.5, 0.6) is 17.2 Å². The molecule has 0 radical (unpaired) electrons. The van der Waals surface area contributed by atoms with Crippen LogP contribution in [0.15, 0.2) is 42.5 Å². The first-order valence-electron chi connectivity index (χ1n) is 8.24. The summed E-state index contributed by atoms with van der Waals surface area (Å²) >= 11 is 0. The summed E-state index contributed by atoms with van der Waals surface area (Å²) in [6.07, 6.45) is -0.761. The first-order valence-corrected chi connectivity index (χ1v) is 8.24. The second-order valence-corrected chi connectivity index (χ2v) is 5.98. The van der Waals surface area contributed by atoms with Crippen molar-refractivity contribution in [1.29, 1.82) is 0 Å². The molecule has 5 nitrogen and oxygen atoms in total. The maximum absolute atomic E-state index is 12.8. The van der Waals surface area contributed by atoms with Crippen molar-refractivity contribution in [2.75, 3.05) is 27.3 Å². The van der Waals surface area contributed by atoms with E-state index >= 15 is 0 Å². The Hall–Kier alpha value is -2.45. The summed E-state index contributed by atoms with van der Waals surface area (Å²) in [6, 6.07) is 10.2. The average molecular weight is 385 g/mol. The zero-order valence-electron chi connectivity index (χ0n) is 15.1. The van der Waals surface area contributed by atoms with Crippen LogP contribution >= 0.6 is 0 Å². The fourth-order valence-electron chi connectivity index (χ4n) is 2.52. The Morgan fingerprint density at radius 1 is 1.07 bits per heavy atom. The Morgan fingerprint density at radius 3 is 2.41 bits per heavy atom. The molecule has 0 aromatic heterocycles. The van der Waals surface area contributed by atoms with Gasteiger partial charge in [0.25, 0.3) is 0 Å². The topological polar surface area (TPSA) is 51.2 Å². The van der Waals surface area contributed by atoms with Crippen LogP contribution in [0.2, 0.25) is 0 Å². The lowest BCUT2D eigenvalue weighted by Gasteiger charge is -2.21. The molecule has 0 amide bonds. The highest BCUT2D eigenvalue weighted by molar-refractivity contribution is 5.43. The van der Waals surface area contributed by atoms with Crippen LogP contribution < -0.4 is 14.2 Å². The molecule has 2 rings (SSSR count). The molecule has 1 N–H and O–H groups in total. The molecule has 1 atom stereocenters. The molecule has 2 aromatic carbocycles. The van der Waals surface area contributed by atoms with E-state index in [4.69, 9.17) is 9.47 Å². The molecule has 27 heavy (non-hydrogen) atoms. The van der Waals surface area contributed by atoms with E-state index in [0.29, 0.717) is 18.8 Å². The minimum Gasteiger partial charge on any atom is -0.493 e. The van der Waals surface area contributed by atoms with Crippen LogP contribution in [0.25, 0.3) is 0 Å². The Kier molecular flexibility index (Phi) is 7.75. The lowest BCUT2D eigenvalue weighted by atomic mass is 10.2. The highest BCUT2D eigenvalue weighted by Crippen LogP contribution is 2.29. The fraction of sp³-hybridized carbons (Fsp3) is 0.368. The van der Waals surface area contributed by atoms with E-state index < -0.39 is 12.7 Å². The summed E-state index contributed by atoms with van der Waals surface area (Å²) in [5.41, 5.74) is 0.808. The van der Waals surface area contributed by atoms with Crippen molar-refractivity contribution in [3.8, 4) is 17.2 Å². The predicted molar refractivity (Wildman–Crippen MR) is 93.9 cm³/mol. The average Bonchev–Trinajstić information content (AvgIpc) is 2.62. The number of ether oxygens (including phenoxy) is 3. The van der Waals surface area contributed by atoms with Crippen LogP contribution in [-0.2, 0) is 6.54 Å². The predicted octanol–water partition coefficient (Wildman–Crippen LogP) is 3.31. The summed E-state index contributed by atoms with van der Waals surface area (Å²) in [5, 5.41) is 10.1. The molecule has 0 saturated carbocycles. The molecule has 8 heteroatoms. The fourth-order valence-corrected chi connectivity index (χ4v) is 2.52. The molecule has 0 aliphatic heterocycles. The quantitative estimate of drug-likeness (QED) is 0.680. The van der Waals surface area contributed by atoms with Crippen molar-refractivity contribution in [2.24, 2.45) is 0 Å². The largest absolute Gasteiger partial charge is 0.493 e. The molecule has 1 unspecified atom stereocenters. The van der Waals surface area contributed by atoms with Crippen LogP contribution in [0, 0.1) is 5.82 Å². The summed E-state index contributed by atoms with van der Waals surface area (Å²) in [7, 11) is 3.18. The molecule has 0 fully saturated rings. The van der Waals surface area contributed by atoms with Gasteiger partial charge in [0.2, 0.25) is 0 Å². The van der Waals surface area contributed by atoms with E-state index in [2.05, 4.69) is 4.74 Å². The van der Waals surface area contributed by atoms with Gasteiger partial charge >= 0.3 is 6.61 Å². The summed E-state index contributed by atoms with van der Waals surface area (Å²) < 4.78 is 52.4. The molecule has 0 spiro atoms. The Labute approximate surface area is 155 Å². The van der Waals surface area contributed by atoms with Crippen molar-refractivity contribution in [3.05, 3.63) is 53.8 Å². The van der Waals surface area contributed by atoms with E-state index in [1.165, 1.54) is 37.4 Å². The zero-order chi connectivity index (χ0) is 19.8. The van der Waals surface area contributed by atoms with E-state index in [-0.39, 0.29) is 23.9 Å². The second-order valence-electron chi connectivity index (χ2n) is 5.98. The minimum atomic E-state index is -2.93. The Bertz CT molecular complexity index is 713. The smallest absolute Gasteiger partial charge is 0.387 e. The lowest BCUT2D eigenvalue weighted by Crippen LogP contribution is -2.32. The summed E-state index contributed by atoms with van der Waals surface area (Å²) in [5.74, 6) is 0.286. The van der Waals surface area contributed by atoms with Gasteiger partial charge in [0, 0.05) is 13.1 Å². The minimum absolute atomic E-state index is 0.0355. The number of alkyl halides is 2. The number of likely N-dealkylation sites (N-methyl/N-ethyl adjacent to an activating group) is 1. The maximum atomic E-state index is 12.8. The standard InChI is InChI=1S/C19H22F3NO4/c1-23(11-15(24)12-26-16-6-4-14(20)5-7-16)10-13-3-8-17(27-19(21)22)18(9-13)25-2/h3-9,15,19,24H,10-12H2,1-2H3. The SMILES string of the molecule is COc1cc(CN(C)CC(O)COc2ccc(F)cc2)ccc1OC(F)F. The Morgan fingerprint density at radius 2 is 1.78 bits per heavy atom. The van der Waals surface area contributed by atoms with E-state index in [1.54, 1.807) is 19.2 Å². The molecule has 0 aliphatic rings. The van der Waals surface area contributed by atoms with Gasteiger partial charge in [-0.2, -0.15) is 8.78 Å². The molecule has 148 valence electrons. The number of benzene rings is 2. The molecule has 0 saturated heterocycles. The molecule has 2 aromatic rings. The number of aliphatic hydroxyl groups excluding tert-OH is 1. The monoisotopic (exact) mass is 385 g/mol. The molecule has 0 bridgehead atoms. The van der Waals surface area contributed by atoms with Crippen LogP contribution in [0.1, 0.15) is 5.56 Å². The van der Waals surface area contributed by atoms with Crippen molar-refractivity contribution >= 4 is 0 Å². The van der Waals surface area contributed by atoms with Crippen LogP contribution in [-0.4, -0.2) is 50.0 Å². The van der Waals surface area contributed by atoms with Crippen LogP contribution in [0.3, 0.4) is 0 Å². The van der Waals surface area contributed by atoms with E-state index in [0.717, 1.165) is 5.56 Å². The first-order chi connectivity index (χ1) is 12.9. The van der Waals surface area contributed by atoms with Crippen molar-refractivity contribution < 1.29 is 32.5 Å². The van der Waals surface area contributed by atoms with Crippen molar-refractivity contribution in [1.82, 2.24) is 4.90 Å². The third kappa shape index (κ3) is 6.99. The number of rotatable bonds is 10. The lowest BCUT2D eigenvalue weighted by molar-refractivity contribution is -0.0512. The van der Waals surface area contributed by atoms with Gasteiger partial charge in [0.05, 0.1) is 7.11 Å². The van der Waals surface area contributed by atoms with E-state index in [9.17, 15) is 18.3 Å². The second kappa shape index (κ2) is 10.0. The molecule has 0 heterocycles. The first kappa shape index (κ1) is 20.9. The number of hydrogen-bond acceptors (Lipinski definition) is 5. The van der Waals surface area contributed by atoms with Gasteiger partial charge in [0.15, 0.2) is 11.5 Å². The zero-order valence-corrected chi connectivity index (χ0v) is 15.1. The highest BCUT2D eigenvalue weighted by atomic mass is 19.3. The number of aliphatic hydroxyl groups is 1. The number of nitrogens with zero attached hydrogens (tertiary/aromatic N) is 1. The van der Waals surface area contributed by atoms with Gasteiger partial charge in [0.1, 0.15) is 24.3 Å². The van der Waals surface area contributed by atoms with Gasteiger partial charge in [-0.1, -0.05) is 6.07 Å². The van der Waals surface area contributed by atoms with Gasteiger partial charge in [-0.05, 0) is 49.0 Å². The number of hydrogen-bond donors (Lipinski definition) is 1. The third-order valence-corrected chi connectivity index (χ3v) is 3.68. The normalized spacial score (nSPS) is 12.3. The summed E-state index contributed by atoms with van der Waals surface area (Å²) in [4.78, 5) is 1.85. The third-order valence-electron chi connectivity index (χ3n) is 3.68. The van der Waals surface area contributed by atoms with Gasteiger partial charge in [-0.25, -0.2) is 4.39 Å². The molecule has 0 aliphatic carbocycles. The maximum Gasteiger partial charge on any atom is 0.387 e. The molecular formula is C19H22F3NO4. The van der Waals surface area contributed by atoms with Gasteiger partial charge < -0.3 is 19.3 Å². The van der Waals surface area contributed by atoms with Crippen molar-refractivity contribution in [2.45, 2.75) is 19.3 Å².